The van der Waals surface area contributed by atoms with Crippen LogP contribution in [0.2, 0.25) is 0 Å². The van der Waals surface area contributed by atoms with E-state index in [1.54, 1.807) is 9.80 Å². The van der Waals surface area contributed by atoms with Crippen molar-refractivity contribution in [3.63, 3.8) is 0 Å². The predicted octanol–water partition coefficient (Wildman–Crippen LogP) is 1.07. The van der Waals surface area contributed by atoms with Gasteiger partial charge in [-0.05, 0) is 12.1 Å². The molecule has 5 nitrogen and oxygen atoms in total. The van der Waals surface area contributed by atoms with Gasteiger partial charge in [0.1, 0.15) is 0 Å². The van der Waals surface area contributed by atoms with Gasteiger partial charge in [0.05, 0.1) is 6.54 Å². The van der Waals surface area contributed by atoms with E-state index in [1.165, 1.54) is 13.0 Å². The van der Waals surface area contributed by atoms with E-state index >= 15 is 0 Å². The Balaban J connectivity index is 1.82. The number of hydrogen-bond donors (Lipinski definition) is 1. The largest absolute Gasteiger partial charge is 0.376 e. The summed E-state index contributed by atoms with van der Waals surface area (Å²) in [6.45, 7) is 3.52. The van der Waals surface area contributed by atoms with Crippen LogP contribution in [0.25, 0.3) is 0 Å². The average molecular weight is 297 g/mol. The van der Waals surface area contributed by atoms with Gasteiger partial charge >= 0.3 is 0 Å². The van der Waals surface area contributed by atoms with Crippen molar-refractivity contribution in [2.75, 3.05) is 38.0 Å². The normalized spacial score (nSPS) is 15.0. The zero-order valence-corrected chi connectivity index (χ0v) is 11.7. The number of benzene rings is 1. The van der Waals surface area contributed by atoms with Crippen molar-refractivity contribution in [3.05, 3.63) is 29.8 Å². The number of nitrogens with zero attached hydrogens (tertiary/aromatic N) is 2. The fourth-order valence-electron chi connectivity index (χ4n) is 2.17. The highest BCUT2D eigenvalue weighted by molar-refractivity contribution is 5.81. The van der Waals surface area contributed by atoms with Crippen molar-refractivity contribution in [3.8, 4) is 0 Å². The minimum Gasteiger partial charge on any atom is -0.376 e. The molecular formula is C14H17F2N3O2. The van der Waals surface area contributed by atoms with Gasteiger partial charge in [0.15, 0.2) is 11.6 Å². The molecule has 0 saturated carbocycles. The van der Waals surface area contributed by atoms with Gasteiger partial charge in [0.25, 0.3) is 0 Å². The van der Waals surface area contributed by atoms with Gasteiger partial charge in [-0.3, -0.25) is 9.59 Å². The van der Waals surface area contributed by atoms with E-state index in [4.69, 9.17) is 0 Å². The van der Waals surface area contributed by atoms with E-state index in [-0.39, 0.29) is 18.4 Å². The monoisotopic (exact) mass is 297 g/mol. The number of rotatable bonds is 3. The molecule has 2 amide bonds. The lowest BCUT2D eigenvalue weighted by molar-refractivity contribution is -0.137. The molecule has 1 heterocycles. The Hall–Kier alpha value is -2.18. The summed E-state index contributed by atoms with van der Waals surface area (Å²) in [5.74, 6) is -2.01. The summed E-state index contributed by atoms with van der Waals surface area (Å²) in [5.41, 5.74) is 0.352. The maximum absolute atomic E-state index is 13.0. The number of amides is 2. The van der Waals surface area contributed by atoms with Gasteiger partial charge in [-0.15, -0.1) is 0 Å². The molecule has 1 aliphatic heterocycles. The van der Waals surface area contributed by atoms with Crippen molar-refractivity contribution >= 4 is 17.5 Å². The Morgan fingerprint density at radius 1 is 1.10 bits per heavy atom. The molecule has 0 spiro atoms. The van der Waals surface area contributed by atoms with E-state index in [0.717, 1.165) is 12.1 Å². The minimum absolute atomic E-state index is 0.00186. The average Bonchev–Trinajstić information content (AvgIpc) is 2.48. The number of carbonyl (C=O) groups is 2. The summed E-state index contributed by atoms with van der Waals surface area (Å²) in [6, 6.07) is 3.39. The van der Waals surface area contributed by atoms with Gasteiger partial charge < -0.3 is 15.1 Å². The number of anilines is 1. The second-order valence-electron chi connectivity index (χ2n) is 4.87. The Labute approximate surface area is 121 Å². The third kappa shape index (κ3) is 3.90. The second kappa shape index (κ2) is 6.51. The smallest absolute Gasteiger partial charge is 0.241 e. The summed E-state index contributed by atoms with van der Waals surface area (Å²) in [7, 11) is 0. The Morgan fingerprint density at radius 3 is 2.29 bits per heavy atom. The molecule has 1 aromatic rings. The molecule has 0 unspecified atom stereocenters. The summed E-state index contributed by atoms with van der Waals surface area (Å²) in [4.78, 5) is 26.5. The summed E-state index contributed by atoms with van der Waals surface area (Å²) < 4.78 is 25.8. The van der Waals surface area contributed by atoms with Crippen LogP contribution in [0.3, 0.4) is 0 Å². The quantitative estimate of drug-likeness (QED) is 0.908. The Morgan fingerprint density at radius 2 is 1.71 bits per heavy atom. The van der Waals surface area contributed by atoms with Crippen LogP contribution in [0.1, 0.15) is 6.92 Å². The molecule has 1 N–H and O–H groups in total. The minimum atomic E-state index is -0.956. The van der Waals surface area contributed by atoms with E-state index in [0.29, 0.717) is 31.9 Å². The third-order valence-corrected chi connectivity index (χ3v) is 3.44. The molecule has 114 valence electrons. The predicted molar refractivity (Wildman–Crippen MR) is 73.7 cm³/mol. The van der Waals surface area contributed by atoms with Crippen molar-refractivity contribution in [2.45, 2.75) is 6.92 Å². The number of piperazine rings is 1. The molecule has 0 bridgehead atoms. The molecule has 1 aliphatic rings. The van der Waals surface area contributed by atoms with Crippen LogP contribution in [0.5, 0.6) is 0 Å². The molecule has 21 heavy (non-hydrogen) atoms. The fraction of sp³-hybridized carbons (Fsp3) is 0.429. The zero-order chi connectivity index (χ0) is 15.4. The number of hydrogen-bond acceptors (Lipinski definition) is 3. The first kappa shape index (κ1) is 15.2. The zero-order valence-electron chi connectivity index (χ0n) is 11.7. The lowest BCUT2D eigenvalue weighted by Gasteiger charge is -2.34. The molecule has 0 atom stereocenters. The lowest BCUT2D eigenvalue weighted by atomic mass is 10.3. The highest BCUT2D eigenvalue weighted by Gasteiger charge is 2.21. The Kier molecular flexibility index (Phi) is 4.72. The Bertz CT molecular complexity index is 543. The summed E-state index contributed by atoms with van der Waals surface area (Å²) in [6.07, 6.45) is 0. The van der Waals surface area contributed by atoms with E-state index in [2.05, 4.69) is 5.32 Å². The molecule has 1 saturated heterocycles. The first-order chi connectivity index (χ1) is 9.97. The summed E-state index contributed by atoms with van der Waals surface area (Å²) in [5, 5.41) is 2.77. The fourth-order valence-corrected chi connectivity index (χ4v) is 2.17. The van der Waals surface area contributed by atoms with Crippen molar-refractivity contribution in [2.24, 2.45) is 0 Å². The number of nitrogens with one attached hydrogen (secondary N) is 1. The standard InChI is InChI=1S/C14H17F2N3O2/c1-10(20)18-4-6-19(7-5-18)14(21)9-17-11-2-3-12(15)13(16)8-11/h2-3,8,17H,4-7,9H2,1H3. The first-order valence-electron chi connectivity index (χ1n) is 6.69. The number of carbonyl (C=O) groups excluding carboxylic acids is 2. The maximum atomic E-state index is 13.0. The molecule has 2 rings (SSSR count). The van der Waals surface area contributed by atoms with E-state index in [9.17, 15) is 18.4 Å². The van der Waals surface area contributed by atoms with Gasteiger partial charge in [-0.1, -0.05) is 0 Å². The maximum Gasteiger partial charge on any atom is 0.241 e. The van der Waals surface area contributed by atoms with Gasteiger partial charge in [-0.25, -0.2) is 8.78 Å². The van der Waals surface area contributed by atoms with Crippen LogP contribution in [0, 0.1) is 11.6 Å². The first-order valence-corrected chi connectivity index (χ1v) is 6.69. The van der Waals surface area contributed by atoms with Crippen LogP contribution < -0.4 is 5.32 Å². The van der Waals surface area contributed by atoms with E-state index in [1.807, 2.05) is 0 Å². The lowest BCUT2D eigenvalue weighted by Crippen LogP contribution is -2.51. The molecule has 0 radical (unpaired) electrons. The molecule has 7 heteroatoms. The van der Waals surface area contributed by atoms with Crippen molar-refractivity contribution < 1.29 is 18.4 Å². The van der Waals surface area contributed by atoms with Gasteiger partial charge in [-0.2, -0.15) is 0 Å². The second-order valence-corrected chi connectivity index (χ2v) is 4.87. The molecular weight excluding hydrogens is 280 g/mol. The SMILES string of the molecule is CC(=O)N1CCN(C(=O)CNc2ccc(F)c(F)c2)CC1. The molecule has 1 fully saturated rings. The molecule has 0 aromatic heterocycles. The topological polar surface area (TPSA) is 52.7 Å². The van der Waals surface area contributed by atoms with Crippen LogP contribution in [-0.2, 0) is 9.59 Å². The molecule has 0 aliphatic carbocycles. The van der Waals surface area contributed by atoms with Crippen LogP contribution in [0.4, 0.5) is 14.5 Å². The highest BCUT2D eigenvalue weighted by Crippen LogP contribution is 2.13. The van der Waals surface area contributed by atoms with Crippen LogP contribution in [0.15, 0.2) is 18.2 Å². The third-order valence-electron chi connectivity index (χ3n) is 3.44. The molecule has 1 aromatic carbocycles. The van der Waals surface area contributed by atoms with E-state index < -0.39 is 11.6 Å². The van der Waals surface area contributed by atoms with Gasteiger partial charge in [0.2, 0.25) is 11.8 Å². The van der Waals surface area contributed by atoms with Crippen molar-refractivity contribution in [1.82, 2.24) is 9.80 Å². The number of halogens is 2. The summed E-state index contributed by atoms with van der Waals surface area (Å²) >= 11 is 0. The van der Waals surface area contributed by atoms with Crippen LogP contribution >= 0.6 is 0 Å². The highest BCUT2D eigenvalue weighted by atomic mass is 19.2. The van der Waals surface area contributed by atoms with Gasteiger partial charge in [0, 0.05) is 44.9 Å². The van der Waals surface area contributed by atoms with Crippen LogP contribution in [-0.4, -0.2) is 54.3 Å². The van der Waals surface area contributed by atoms with Crippen molar-refractivity contribution in [1.29, 1.82) is 0 Å².